The van der Waals surface area contributed by atoms with Crippen molar-refractivity contribution in [3.63, 3.8) is 0 Å². The molecule has 1 aromatic carbocycles. The van der Waals surface area contributed by atoms with Gasteiger partial charge >= 0.3 is 5.63 Å². The molecule has 5 nitrogen and oxygen atoms in total. The maximum Gasteiger partial charge on any atom is 0.336 e. The van der Waals surface area contributed by atoms with Crippen molar-refractivity contribution < 1.29 is 14.6 Å². The van der Waals surface area contributed by atoms with Crippen molar-refractivity contribution >= 4 is 11.0 Å². The third kappa shape index (κ3) is 3.43. The largest absolute Gasteiger partial charge is 0.508 e. The SMILES string of the molecule is CCCN(CCO)Cc1cc(=O)oc2c(C)c(O)ccc12. The number of aliphatic hydroxyl groups is 1. The number of phenolic OH excluding ortho intramolecular Hbond substituents is 1. The Morgan fingerprint density at radius 3 is 2.71 bits per heavy atom. The first kappa shape index (κ1) is 15.5. The summed E-state index contributed by atoms with van der Waals surface area (Å²) in [5, 5.41) is 19.7. The first-order valence-electron chi connectivity index (χ1n) is 7.15. The van der Waals surface area contributed by atoms with Crippen LogP contribution in [0.4, 0.5) is 0 Å². The number of hydrogen-bond donors (Lipinski definition) is 2. The molecule has 2 N–H and O–H groups in total. The van der Waals surface area contributed by atoms with Gasteiger partial charge in [-0.05, 0) is 37.6 Å². The van der Waals surface area contributed by atoms with Crippen molar-refractivity contribution in [3.05, 3.63) is 39.7 Å². The Hall–Kier alpha value is -1.85. The summed E-state index contributed by atoms with van der Waals surface area (Å²) in [6.07, 6.45) is 0.971. The smallest absolute Gasteiger partial charge is 0.336 e. The molecule has 0 fully saturated rings. The molecule has 21 heavy (non-hydrogen) atoms. The lowest BCUT2D eigenvalue weighted by Crippen LogP contribution is -2.27. The Balaban J connectivity index is 2.48. The molecule has 5 heteroatoms. The first-order chi connectivity index (χ1) is 10.1. The van der Waals surface area contributed by atoms with E-state index < -0.39 is 5.63 Å². The van der Waals surface area contributed by atoms with Crippen LogP contribution in [0.15, 0.2) is 27.4 Å². The molecule has 0 unspecified atom stereocenters. The minimum atomic E-state index is -0.424. The summed E-state index contributed by atoms with van der Waals surface area (Å²) in [5.74, 6) is 0.114. The van der Waals surface area contributed by atoms with Crippen molar-refractivity contribution in [3.8, 4) is 5.75 Å². The van der Waals surface area contributed by atoms with Crippen molar-refractivity contribution in [2.45, 2.75) is 26.8 Å². The van der Waals surface area contributed by atoms with Crippen LogP contribution in [-0.2, 0) is 6.54 Å². The van der Waals surface area contributed by atoms with Crippen LogP contribution in [-0.4, -0.2) is 34.8 Å². The fourth-order valence-corrected chi connectivity index (χ4v) is 2.52. The summed E-state index contributed by atoms with van der Waals surface area (Å²) < 4.78 is 5.23. The number of hydrogen-bond acceptors (Lipinski definition) is 5. The van der Waals surface area contributed by atoms with E-state index in [-0.39, 0.29) is 12.4 Å². The fraction of sp³-hybridized carbons (Fsp3) is 0.438. The summed E-state index contributed by atoms with van der Waals surface area (Å²) >= 11 is 0. The van der Waals surface area contributed by atoms with Gasteiger partial charge in [-0.2, -0.15) is 0 Å². The van der Waals surface area contributed by atoms with Gasteiger partial charge in [0.05, 0.1) is 6.61 Å². The normalized spacial score (nSPS) is 11.4. The lowest BCUT2D eigenvalue weighted by atomic mass is 10.1. The highest BCUT2D eigenvalue weighted by Crippen LogP contribution is 2.27. The molecule has 0 bridgehead atoms. The maximum atomic E-state index is 11.7. The van der Waals surface area contributed by atoms with Gasteiger partial charge in [0.25, 0.3) is 0 Å². The zero-order chi connectivity index (χ0) is 15.4. The summed E-state index contributed by atoms with van der Waals surface area (Å²) in [6.45, 7) is 5.86. The van der Waals surface area contributed by atoms with Crippen molar-refractivity contribution in [2.75, 3.05) is 19.7 Å². The number of fused-ring (bicyclic) bond motifs is 1. The zero-order valence-corrected chi connectivity index (χ0v) is 12.4. The number of phenols is 1. The van der Waals surface area contributed by atoms with E-state index in [9.17, 15) is 9.90 Å². The van der Waals surface area contributed by atoms with Crippen LogP contribution in [0.2, 0.25) is 0 Å². The van der Waals surface area contributed by atoms with Gasteiger partial charge in [0.15, 0.2) is 0 Å². The number of rotatable bonds is 6. The van der Waals surface area contributed by atoms with Crippen LogP contribution in [0, 0.1) is 6.92 Å². The van der Waals surface area contributed by atoms with Crippen LogP contribution in [0.25, 0.3) is 11.0 Å². The van der Waals surface area contributed by atoms with E-state index in [1.807, 2.05) is 0 Å². The molecule has 0 saturated heterocycles. The number of benzene rings is 1. The highest BCUT2D eigenvalue weighted by Gasteiger charge is 2.13. The van der Waals surface area contributed by atoms with Crippen LogP contribution >= 0.6 is 0 Å². The topological polar surface area (TPSA) is 73.9 Å². The molecule has 0 aliphatic carbocycles. The zero-order valence-electron chi connectivity index (χ0n) is 12.4. The first-order valence-corrected chi connectivity index (χ1v) is 7.15. The predicted molar refractivity (Wildman–Crippen MR) is 81.5 cm³/mol. The Bertz CT molecular complexity index is 672. The van der Waals surface area contributed by atoms with E-state index in [4.69, 9.17) is 9.52 Å². The standard InChI is InChI=1S/C16H21NO4/c1-3-6-17(7-8-18)10-12-9-15(20)21-16-11(2)14(19)5-4-13(12)16/h4-5,9,18-19H,3,6-8,10H2,1-2H3. The second-order valence-electron chi connectivity index (χ2n) is 5.18. The Kier molecular flexibility index (Phi) is 4.98. The van der Waals surface area contributed by atoms with Gasteiger partial charge in [0, 0.05) is 30.1 Å². The average molecular weight is 291 g/mol. The molecular weight excluding hydrogens is 270 g/mol. The van der Waals surface area contributed by atoms with Crippen molar-refractivity contribution in [1.29, 1.82) is 0 Å². The fourth-order valence-electron chi connectivity index (χ4n) is 2.52. The minimum absolute atomic E-state index is 0.0825. The van der Waals surface area contributed by atoms with Crippen LogP contribution < -0.4 is 5.63 Å². The molecule has 0 amide bonds. The Morgan fingerprint density at radius 2 is 2.05 bits per heavy atom. The second-order valence-corrected chi connectivity index (χ2v) is 5.18. The van der Waals surface area contributed by atoms with Crippen molar-refractivity contribution in [1.82, 2.24) is 4.90 Å². The van der Waals surface area contributed by atoms with Gasteiger partial charge in [0.2, 0.25) is 0 Å². The molecule has 0 aliphatic rings. The van der Waals surface area contributed by atoms with Gasteiger partial charge in [-0.15, -0.1) is 0 Å². The Labute approximate surface area is 123 Å². The molecule has 1 heterocycles. The summed E-state index contributed by atoms with van der Waals surface area (Å²) in [4.78, 5) is 13.8. The average Bonchev–Trinajstić information content (AvgIpc) is 2.44. The minimum Gasteiger partial charge on any atom is -0.508 e. The highest BCUT2D eigenvalue weighted by atomic mass is 16.4. The Morgan fingerprint density at radius 1 is 1.29 bits per heavy atom. The molecule has 0 aliphatic heterocycles. The lowest BCUT2D eigenvalue weighted by Gasteiger charge is -2.21. The van der Waals surface area contributed by atoms with Crippen molar-refractivity contribution in [2.24, 2.45) is 0 Å². The predicted octanol–water partition coefficient (Wildman–Crippen LogP) is 2.01. The van der Waals surface area contributed by atoms with E-state index in [0.717, 1.165) is 23.9 Å². The van der Waals surface area contributed by atoms with Crippen LogP contribution in [0.5, 0.6) is 5.75 Å². The summed E-state index contributed by atoms with van der Waals surface area (Å²) in [5.41, 5.74) is 1.42. The van der Waals surface area contributed by atoms with Crippen LogP contribution in [0.1, 0.15) is 24.5 Å². The van der Waals surface area contributed by atoms with Crippen LogP contribution in [0.3, 0.4) is 0 Å². The van der Waals surface area contributed by atoms with Gasteiger partial charge in [0.1, 0.15) is 11.3 Å². The lowest BCUT2D eigenvalue weighted by molar-refractivity contribution is 0.190. The van der Waals surface area contributed by atoms with E-state index in [0.29, 0.717) is 24.2 Å². The van der Waals surface area contributed by atoms with Gasteiger partial charge in [-0.25, -0.2) is 4.79 Å². The number of nitrogens with zero attached hydrogens (tertiary/aromatic N) is 1. The van der Waals surface area contributed by atoms with Gasteiger partial charge in [-0.3, -0.25) is 4.90 Å². The molecule has 2 rings (SSSR count). The summed E-state index contributed by atoms with van der Waals surface area (Å²) in [6, 6.07) is 4.86. The maximum absolute atomic E-state index is 11.7. The van der Waals surface area contributed by atoms with E-state index >= 15 is 0 Å². The van der Waals surface area contributed by atoms with Gasteiger partial charge in [-0.1, -0.05) is 6.92 Å². The molecule has 1 aromatic heterocycles. The third-order valence-corrected chi connectivity index (χ3v) is 3.57. The quantitative estimate of drug-likeness (QED) is 0.796. The van der Waals surface area contributed by atoms with Gasteiger partial charge < -0.3 is 14.6 Å². The molecular formula is C16H21NO4. The molecule has 2 aromatic rings. The second kappa shape index (κ2) is 6.74. The molecule has 0 spiro atoms. The molecule has 0 atom stereocenters. The summed E-state index contributed by atoms with van der Waals surface area (Å²) in [7, 11) is 0. The molecule has 0 radical (unpaired) electrons. The number of aliphatic hydroxyl groups excluding tert-OH is 1. The van der Waals surface area contributed by atoms with E-state index in [1.54, 1.807) is 19.1 Å². The number of aromatic hydroxyl groups is 1. The van der Waals surface area contributed by atoms with E-state index in [2.05, 4.69) is 11.8 Å². The highest BCUT2D eigenvalue weighted by molar-refractivity contribution is 5.84. The third-order valence-electron chi connectivity index (χ3n) is 3.57. The molecule has 114 valence electrons. The van der Waals surface area contributed by atoms with E-state index in [1.165, 1.54) is 6.07 Å². The molecule has 0 saturated carbocycles. The monoisotopic (exact) mass is 291 g/mol. The number of aryl methyl sites for hydroxylation is 1.